The van der Waals surface area contributed by atoms with Crippen LogP contribution in [0.2, 0.25) is 0 Å². The van der Waals surface area contributed by atoms with Gasteiger partial charge in [0.25, 0.3) is 10.0 Å². The highest BCUT2D eigenvalue weighted by Gasteiger charge is 2.36. The van der Waals surface area contributed by atoms with E-state index < -0.39 is 21.0 Å². The summed E-state index contributed by atoms with van der Waals surface area (Å²) in [4.78, 5) is 11.0. The SMILES string of the molecule is O=C(O)c1cn[nH]c1S(=O)(=O)N1CCCCC1CCO. The molecule has 1 aliphatic rings. The Morgan fingerprint density at radius 2 is 2.25 bits per heavy atom. The van der Waals surface area contributed by atoms with Gasteiger partial charge in [-0.2, -0.15) is 9.40 Å². The fourth-order valence-corrected chi connectivity index (χ4v) is 4.26. The van der Waals surface area contributed by atoms with Crippen LogP contribution in [-0.2, 0) is 10.0 Å². The van der Waals surface area contributed by atoms with Gasteiger partial charge in [-0.3, -0.25) is 5.10 Å². The van der Waals surface area contributed by atoms with Crippen LogP contribution in [0.1, 0.15) is 36.0 Å². The van der Waals surface area contributed by atoms with Gasteiger partial charge < -0.3 is 10.2 Å². The third kappa shape index (κ3) is 2.69. The van der Waals surface area contributed by atoms with Crippen LogP contribution in [0.25, 0.3) is 0 Å². The fraction of sp³-hybridized carbons (Fsp3) is 0.636. The summed E-state index contributed by atoms with van der Waals surface area (Å²) in [5.74, 6) is -1.34. The van der Waals surface area contributed by atoms with E-state index in [4.69, 9.17) is 10.2 Å². The highest BCUT2D eigenvalue weighted by atomic mass is 32.2. The number of hydrogen-bond acceptors (Lipinski definition) is 5. The molecule has 1 aromatic rings. The first-order valence-electron chi connectivity index (χ1n) is 6.38. The lowest BCUT2D eigenvalue weighted by Gasteiger charge is -2.34. The number of nitrogens with one attached hydrogen (secondary N) is 1. The molecule has 0 aromatic carbocycles. The molecule has 8 nitrogen and oxygen atoms in total. The summed E-state index contributed by atoms with van der Waals surface area (Å²) in [6, 6.07) is -0.302. The number of H-pyrrole nitrogens is 1. The number of aromatic carboxylic acids is 1. The molecule has 0 saturated carbocycles. The van der Waals surface area contributed by atoms with Crippen molar-refractivity contribution in [3.63, 3.8) is 0 Å². The minimum absolute atomic E-state index is 0.106. The van der Waals surface area contributed by atoms with Crippen molar-refractivity contribution in [1.29, 1.82) is 0 Å². The third-order valence-corrected chi connectivity index (χ3v) is 5.36. The van der Waals surface area contributed by atoms with Crippen molar-refractivity contribution in [1.82, 2.24) is 14.5 Å². The molecule has 3 N–H and O–H groups in total. The standard InChI is InChI=1S/C11H17N3O5S/c15-6-4-8-3-1-2-5-14(8)20(18,19)10-9(11(16)17)7-12-13-10/h7-8,15H,1-6H2,(H,12,13)(H,16,17). The predicted octanol–water partition coefficient (Wildman–Crippen LogP) is 0.0335. The molecule has 9 heteroatoms. The number of carboxylic acids is 1. The van der Waals surface area contributed by atoms with Gasteiger partial charge in [0.15, 0.2) is 5.03 Å². The molecule has 0 aliphatic carbocycles. The van der Waals surface area contributed by atoms with E-state index in [1.165, 1.54) is 4.31 Å². The van der Waals surface area contributed by atoms with Gasteiger partial charge in [-0.15, -0.1) is 0 Å². The first kappa shape index (κ1) is 14.9. The highest BCUT2D eigenvalue weighted by molar-refractivity contribution is 7.89. The van der Waals surface area contributed by atoms with Crippen molar-refractivity contribution in [2.75, 3.05) is 13.2 Å². The number of nitrogens with zero attached hydrogens (tertiary/aromatic N) is 2. The zero-order chi connectivity index (χ0) is 14.8. The van der Waals surface area contributed by atoms with Crippen LogP contribution in [0.4, 0.5) is 0 Å². The second kappa shape index (κ2) is 5.90. The molecule has 1 aromatic heterocycles. The van der Waals surface area contributed by atoms with E-state index >= 15 is 0 Å². The van der Waals surface area contributed by atoms with Crippen molar-refractivity contribution in [2.45, 2.75) is 36.8 Å². The lowest BCUT2D eigenvalue weighted by atomic mass is 10.0. The second-order valence-corrected chi connectivity index (χ2v) is 6.52. The van der Waals surface area contributed by atoms with Gasteiger partial charge in [0.2, 0.25) is 0 Å². The first-order chi connectivity index (χ1) is 9.48. The van der Waals surface area contributed by atoms with E-state index in [9.17, 15) is 13.2 Å². The van der Waals surface area contributed by atoms with E-state index in [1.807, 2.05) is 0 Å². The summed E-state index contributed by atoms with van der Waals surface area (Å²) in [5.41, 5.74) is -0.363. The Morgan fingerprint density at radius 1 is 1.50 bits per heavy atom. The molecule has 1 aliphatic heterocycles. The van der Waals surface area contributed by atoms with Crippen LogP contribution in [-0.4, -0.2) is 58.3 Å². The van der Waals surface area contributed by atoms with Crippen LogP contribution in [0.3, 0.4) is 0 Å². The molecule has 112 valence electrons. The zero-order valence-corrected chi connectivity index (χ0v) is 11.6. The summed E-state index contributed by atoms with van der Waals surface area (Å²) in [6.45, 7) is 0.219. The molecular formula is C11H17N3O5S. The minimum Gasteiger partial charge on any atom is -0.478 e. The van der Waals surface area contributed by atoms with Crippen LogP contribution >= 0.6 is 0 Å². The number of sulfonamides is 1. The highest BCUT2D eigenvalue weighted by Crippen LogP contribution is 2.27. The van der Waals surface area contributed by atoms with Crippen molar-refractivity contribution in [3.05, 3.63) is 11.8 Å². The Morgan fingerprint density at radius 3 is 2.90 bits per heavy atom. The van der Waals surface area contributed by atoms with Gasteiger partial charge >= 0.3 is 5.97 Å². The maximum absolute atomic E-state index is 12.6. The van der Waals surface area contributed by atoms with E-state index in [0.717, 1.165) is 19.0 Å². The number of hydrogen-bond donors (Lipinski definition) is 3. The van der Waals surface area contributed by atoms with E-state index in [-0.39, 0.29) is 18.2 Å². The molecule has 0 amide bonds. The number of piperidine rings is 1. The van der Waals surface area contributed by atoms with Gasteiger partial charge in [-0.1, -0.05) is 6.42 Å². The van der Waals surface area contributed by atoms with Crippen molar-refractivity contribution in [3.8, 4) is 0 Å². The molecular weight excluding hydrogens is 286 g/mol. The van der Waals surface area contributed by atoms with Crippen molar-refractivity contribution >= 4 is 16.0 Å². The van der Waals surface area contributed by atoms with Gasteiger partial charge in [0.1, 0.15) is 5.56 Å². The molecule has 2 heterocycles. The monoisotopic (exact) mass is 303 g/mol. The Bertz CT molecular complexity index is 581. The molecule has 1 atom stereocenters. The van der Waals surface area contributed by atoms with Crippen LogP contribution < -0.4 is 0 Å². The third-order valence-electron chi connectivity index (χ3n) is 3.44. The van der Waals surface area contributed by atoms with E-state index in [2.05, 4.69) is 10.2 Å². The Labute approximate surface area is 116 Å². The van der Waals surface area contributed by atoms with E-state index in [0.29, 0.717) is 19.4 Å². The summed E-state index contributed by atoms with van der Waals surface area (Å²) >= 11 is 0. The van der Waals surface area contributed by atoms with Gasteiger partial charge in [0.05, 0.1) is 6.20 Å². The second-order valence-electron chi connectivity index (χ2n) is 4.70. The Balaban J connectivity index is 2.37. The fourth-order valence-electron chi connectivity index (χ4n) is 2.47. The average Bonchev–Trinajstić information content (AvgIpc) is 2.89. The molecule has 1 fully saturated rings. The molecule has 20 heavy (non-hydrogen) atoms. The maximum atomic E-state index is 12.6. The van der Waals surface area contributed by atoms with Gasteiger partial charge in [-0.05, 0) is 19.3 Å². The van der Waals surface area contributed by atoms with Gasteiger partial charge in [0, 0.05) is 19.2 Å². The maximum Gasteiger partial charge on any atom is 0.340 e. The normalized spacial score (nSPS) is 20.9. The van der Waals surface area contributed by atoms with Crippen LogP contribution in [0.15, 0.2) is 11.2 Å². The molecule has 0 spiro atoms. The zero-order valence-electron chi connectivity index (χ0n) is 10.8. The summed E-state index contributed by atoms with van der Waals surface area (Å²) < 4.78 is 26.4. The van der Waals surface area contributed by atoms with Crippen molar-refractivity contribution in [2.24, 2.45) is 0 Å². The predicted molar refractivity (Wildman–Crippen MR) is 68.8 cm³/mol. The quantitative estimate of drug-likeness (QED) is 0.705. The number of carboxylic acid groups (broad SMARTS) is 1. The minimum atomic E-state index is -3.94. The number of carbonyl (C=O) groups is 1. The largest absolute Gasteiger partial charge is 0.478 e. The van der Waals surface area contributed by atoms with Crippen molar-refractivity contribution < 1.29 is 23.4 Å². The molecule has 2 rings (SSSR count). The lowest BCUT2D eigenvalue weighted by Crippen LogP contribution is -2.44. The van der Waals surface area contributed by atoms with Gasteiger partial charge in [-0.25, -0.2) is 13.2 Å². The molecule has 1 saturated heterocycles. The first-order valence-corrected chi connectivity index (χ1v) is 7.82. The smallest absolute Gasteiger partial charge is 0.340 e. The Hall–Kier alpha value is -1.45. The number of aromatic amines is 1. The van der Waals surface area contributed by atoms with E-state index in [1.54, 1.807) is 0 Å². The number of rotatable bonds is 5. The average molecular weight is 303 g/mol. The molecule has 1 unspecified atom stereocenters. The summed E-state index contributed by atoms with van der Waals surface area (Å²) in [7, 11) is -3.94. The number of aromatic nitrogens is 2. The molecule has 0 bridgehead atoms. The summed E-state index contributed by atoms with van der Waals surface area (Å²) in [5, 5.41) is 23.4. The lowest BCUT2D eigenvalue weighted by molar-refractivity contribution is 0.0692. The molecule has 0 radical (unpaired) electrons. The summed E-state index contributed by atoms with van der Waals surface area (Å²) in [6.07, 6.45) is 3.61. The number of aliphatic hydroxyl groups is 1. The number of aliphatic hydroxyl groups excluding tert-OH is 1. The Kier molecular flexibility index (Phi) is 4.41. The topological polar surface area (TPSA) is 124 Å². The van der Waals surface area contributed by atoms with Crippen LogP contribution in [0, 0.1) is 0 Å². The van der Waals surface area contributed by atoms with Crippen LogP contribution in [0.5, 0.6) is 0 Å².